The Bertz CT molecular complexity index is 869. The summed E-state index contributed by atoms with van der Waals surface area (Å²) >= 11 is 0. The zero-order valence-electron chi connectivity index (χ0n) is 14.5. The molecule has 1 unspecified atom stereocenters. The largest absolute Gasteiger partial charge is 0.354 e. The van der Waals surface area contributed by atoms with Crippen LogP contribution in [-0.2, 0) is 17.1 Å². The average Bonchev–Trinajstić information content (AvgIpc) is 3.04. The number of carbonyl (C=O) groups is 1. The van der Waals surface area contributed by atoms with Crippen molar-refractivity contribution in [2.24, 2.45) is 7.05 Å². The predicted octanol–water partition coefficient (Wildman–Crippen LogP) is 0.537. The van der Waals surface area contributed by atoms with E-state index in [0.29, 0.717) is 25.3 Å². The number of hydrogen-bond donors (Lipinski definition) is 2. The molecule has 10 heteroatoms. The average molecular weight is 400 g/mol. The number of halogens is 1. The standard InChI is InChI=1S/C16H21N5O3S.ClH/c1-17-16(22)14-8-13(11-20(14)2)25(23,24)21-7-6-19-10-15(21)12-4-3-5-18-9-12;/h3-5,8-9,11,15,19H,6-7,10H2,1-2H3,(H,17,22);1H. The molecule has 2 N–H and O–H groups in total. The van der Waals surface area contributed by atoms with Crippen LogP contribution in [0, 0.1) is 0 Å². The molecule has 0 radical (unpaired) electrons. The van der Waals surface area contributed by atoms with E-state index >= 15 is 0 Å². The van der Waals surface area contributed by atoms with Crippen molar-refractivity contribution in [3.05, 3.63) is 48.0 Å². The second-order valence-corrected chi connectivity index (χ2v) is 7.76. The molecular formula is C16H22ClN5O3S. The van der Waals surface area contributed by atoms with Gasteiger partial charge in [0.1, 0.15) is 10.6 Å². The van der Waals surface area contributed by atoms with Crippen LogP contribution >= 0.6 is 12.4 Å². The topological polar surface area (TPSA) is 96.3 Å². The normalized spacial score (nSPS) is 18.2. The van der Waals surface area contributed by atoms with E-state index in [1.54, 1.807) is 25.5 Å². The van der Waals surface area contributed by atoms with E-state index in [0.717, 1.165) is 5.56 Å². The van der Waals surface area contributed by atoms with E-state index in [9.17, 15) is 13.2 Å². The van der Waals surface area contributed by atoms with Gasteiger partial charge in [0.25, 0.3) is 5.91 Å². The smallest absolute Gasteiger partial charge is 0.267 e. The lowest BCUT2D eigenvalue weighted by atomic mass is 10.1. The van der Waals surface area contributed by atoms with Crippen LogP contribution in [0.5, 0.6) is 0 Å². The van der Waals surface area contributed by atoms with Crippen molar-refractivity contribution >= 4 is 28.3 Å². The predicted molar refractivity (Wildman–Crippen MR) is 99.8 cm³/mol. The molecule has 1 saturated heterocycles. The van der Waals surface area contributed by atoms with Crippen LogP contribution in [0.1, 0.15) is 22.1 Å². The summed E-state index contributed by atoms with van der Waals surface area (Å²) in [7, 11) is -0.573. The number of hydrogen-bond acceptors (Lipinski definition) is 5. The number of nitrogens with zero attached hydrogens (tertiary/aromatic N) is 3. The maximum atomic E-state index is 13.2. The first-order valence-electron chi connectivity index (χ1n) is 7.96. The number of carbonyl (C=O) groups excluding carboxylic acids is 1. The molecule has 3 rings (SSSR count). The van der Waals surface area contributed by atoms with Gasteiger partial charge in [-0.1, -0.05) is 6.07 Å². The Morgan fingerprint density at radius 1 is 1.42 bits per heavy atom. The van der Waals surface area contributed by atoms with Crippen LogP contribution in [-0.4, -0.2) is 54.9 Å². The number of piperazine rings is 1. The van der Waals surface area contributed by atoms with E-state index in [2.05, 4.69) is 15.6 Å². The third-order valence-corrected chi connectivity index (χ3v) is 6.18. The summed E-state index contributed by atoms with van der Waals surface area (Å²) in [6.45, 7) is 1.44. The molecule has 2 aromatic rings. The zero-order valence-corrected chi connectivity index (χ0v) is 16.2. The molecule has 0 saturated carbocycles. The molecule has 1 aliphatic heterocycles. The number of sulfonamides is 1. The minimum Gasteiger partial charge on any atom is -0.354 e. The van der Waals surface area contributed by atoms with Crippen LogP contribution < -0.4 is 10.6 Å². The molecule has 1 atom stereocenters. The van der Waals surface area contributed by atoms with Crippen molar-refractivity contribution in [2.75, 3.05) is 26.7 Å². The van der Waals surface area contributed by atoms with Crippen LogP contribution in [0.3, 0.4) is 0 Å². The van der Waals surface area contributed by atoms with E-state index in [1.165, 1.54) is 28.2 Å². The summed E-state index contributed by atoms with van der Waals surface area (Å²) in [5, 5.41) is 5.74. The van der Waals surface area contributed by atoms with Gasteiger partial charge in [0.2, 0.25) is 10.0 Å². The molecule has 1 amide bonds. The molecule has 0 aliphatic carbocycles. The molecule has 0 aromatic carbocycles. The molecular weight excluding hydrogens is 378 g/mol. The quantitative estimate of drug-likeness (QED) is 0.782. The summed E-state index contributed by atoms with van der Waals surface area (Å²) in [4.78, 5) is 16.1. The third-order valence-electron chi connectivity index (χ3n) is 4.31. The van der Waals surface area contributed by atoms with Gasteiger partial charge in [0.05, 0.1) is 6.04 Å². The number of nitrogens with one attached hydrogen (secondary N) is 2. The van der Waals surface area contributed by atoms with Gasteiger partial charge < -0.3 is 15.2 Å². The van der Waals surface area contributed by atoms with Crippen molar-refractivity contribution in [1.29, 1.82) is 0 Å². The van der Waals surface area contributed by atoms with Crippen molar-refractivity contribution in [3.8, 4) is 0 Å². The monoisotopic (exact) mass is 399 g/mol. The number of rotatable bonds is 4. The molecule has 26 heavy (non-hydrogen) atoms. The number of pyridine rings is 1. The maximum absolute atomic E-state index is 13.2. The maximum Gasteiger partial charge on any atom is 0.267 e. The van der Waals surface area contributed by atoms with Crippen LogP contribution in [0.4, 0.5) is 0 Å². The lowest BCUT2D eigenvalue weighted by molar-refractivity contribution is 0.0955. The van der Waals surface area contributed by atoms with Crippen molar-refractivity contribution < 1.29 is 13.2 Å². The summed E-state index contributed by atoms with van der Waals surface area (Å²) < 4.78 is 29.4. The third kappa shape index (κ3) is 3.75. The molecule has 142 valence electrons. The van der Waals surface area contributed by atoms with Gasteiger partial charge in [-0.2, -0.15) is 4.31 Å². The van der Waals surface area contributed by atoms with Crippen LogP contribution in [0.25, 0.3) is 0 Å². The molecule has 0 spiro atoms. The van der Waals surface area contributed by atoms with Gasteiger partial charge in [0.15, 0.2) is 0 Å². The van der Waals surface area contributed by atoms with Crippen molar-refractivity contribution in [3.63, 3.8) is 0 Å². The van der Waals surface area contributed by atoms with Gasteiger partial charge >= 0.3 is 0 Å². The zero-order chi connectivity index (χ0) is 18.0. The van der Waals surface area contributed by atoms with Crippen molar-refractivity contribution in [1.82, 2.24) is 24.5 Å². The molecule has 0 bridgehead atoms. The van der Waals surface area contributed by atoms with E-state index in [4.69, 9.17) is 0 Å². The van der Waals surface area contributed by atoms with Gasteiger partial charge in [0, 0.05) is 52.3 Å². The first-order chi connectivity index (χ1) is 11.9. The number of aromatic nitrogens is 2. The first-order valence-corrected chi connectivity index (χ1v) is 9.40. The molecule has 1 fully saturated rings. The lowest BCUT2D eigenvalue weighted by Crippen LogP contribution is -2.48. The van der Waals surface area contributed by atoms with E-state index in [1.807, 2.05) is 6.07 Å². The fraction of sp³-hybridized carbons (Fsp3) is 0.375. The highest BCUT2D eigenvalue weighted by molar-refractivity contribution is 7.89. The molecule has 2 aromatic heterocycles. The number of aryl methyl sites for hydroxylation is 1. The van der Waals surface area contributed by atoms with Crippen molar-refractivity contribution in [2.45, 2.75) is 10.9 Å². The Labute approximate surface area is 159 Å². The van der Waals surface area contributed by atoms with Gasteiger partial charge in [-0.3, -0.25) is 9.78 Å². The highest BCUT2D eigenvalue weighted by Gasteiger charge is 2.35. The highest BCUT2D eigenvalue weighted by atomic mass is 35.5. The molecule has 3 heterocycles. The van der Waals surface area contributed by atoms with E-state index < -0.39 is 10.0 Å². The highest BCUT2D eigenvalue weighted by Crippen LogP contribution is 2.29. The van der Waals surface area contributed by atoms with Crippen LogP contribution in [0.2, 0.25) is 0 Å². The number of amides is 1. The summed E-state index contributed by atoms with van der Waals surface area (Å²) in [5.74, 6) is -0.326. The minimum absolute atomic E-state index is 0. The van der Waals surface area contributed by atoms with Crippen LogP contribution in [0.15, 0.2) is 41.7 Å². The Morgan fingerprint density at radius 2 is 2.19 bits per heavy atom. The summed E-state index contributed by atoms with van der Waals surface area (Å²) in [5.41, 5.74) is 1.13. The van der Waals surface area contributed by atoms with Gasteiger partial charge in [-0.15, -0.1) is 12.4 Å². The Hall–Kier alpha value is -1.94. The fourth-order valence-electron chi connectivity index (χ4n) is 3.00. The van der Waals surface area contributed by atoms with Gasteiger partial charge in [-0.25, -0.2) is 8.42 Å². The summed E-state index contributed by atoms with van der Waals surface area (Å²) in [6.07, 6.45) is 4.81. The summed E-state index contributed by atoms with van der Waals surface area (Å²) in [6, 6.07) is 4.74. The minimum atomic E-state index is -3.74. The Kier molecular flexibility index (Phi) is 6.40. The van der Waals surface area contributed by atoms with Gasteiger partial charge in [-0.05, 0) is 17.7 Å². The molecule has 8 nitrogen and oxygen atoms in total. The Balaban J connectivity index is 0.00000243. The fourth-order valence-corrected chi connectivity index (χ4v) is 4.68. The van der Waals surface area contributed by atoms with E-state index in [-0.39, 0.29) is 29.3 Å². The first kappa shape index (κ1) is 20.4. The Morgan fingerprint density at radius 3 is 2.85 bits per heavy atom. The second-order valence-electron chi connectivity index (χ2n) is 5.87. The lowest BCUT2D eigenvalue weighted by Gasteiger charge is -2.35. The SMILES string of the molecule is CNC(=O)c1cc(S(=O)(=O)N2CCNCC2c2cccnc2)cn1C.Cl. The molecule has 1 aliphatic rings. The second kappa shape index (κ2) is 8.17.